The summed E-state index contributed by atoms with van der Waals surface area (Å²) in [5.41, 5.74) is 4.18. The van der Waals surface area contributed by atoms with E-state index in [1.807, 2.05) is 12.1 Å². The van der Waals surface area contributed by atoms with Gasteiger partial charge in [-0.25, -0.2) is 14.4 Å². The quantitative estimate of drug-likeness (QED) is 0.612. The number of aromatic nitrogens is 2. The number of nitriles is 1. The molecule has 7 nitrogen and oxygen atoms in total. The molecule has 2 aliphatic rings. The predicted molar refractivity (Wildman–Crippen MR) is 121 cm³/mol. The molecule has 170 valence electrons. The van der Waals surface area contributed by atoms with Crippen LogP contribution in [0, 0.1) is 29.5 Å². The Morgan fingerprint density at radius 2 is 1.88 bits per heavy atom. The summed E-state index contributed by atoms with van der Waals surface area (Å²) >= 11 is 0. The van der Waals surface area contributed by atoms with Crippen molar-refractivity contribution >= 4 is 11.8 Å². The van der Waals surface area contributed by atoms with E-state index in [2.05, 4.69) is 26.7 Å². The summed E-state index contributed by atoms with van der Waals surface area (Å²) < 4.78 is 13.4. The number of carbonyl (C=O) groups is 2. The van der Waals surface area contributed by atoms with Crippen molar-refractivity contribution in [2.45, 2.75) is 38.8 Å². The van der Waals surface area contributed by atoms with Crippen LogP contribution in [0.15, 0.2) is 48.8 Å². The lowest BCUT2D eigenvalue weighted by Crippen LogP contribution is -2.33. The topological polar surface area (TPSA) is 108 Å². The monoisotopic (exact) mass is 455 g/mol. The zero-order valence-corrected chi connectivity index (χ0v) is 18.6. The summed E-state index contributed by atoms with van der Waals surface area (Å²) in [5, 5.41) is 15.0. The lowest BCUT2D eigenvalue weighted by atomic mass is 9.97. The molecule has 34 heavy (non-hydrogen) atoms. The third-order valence-corrected chi connectivity index (χ3v) is 6.71. The van der Waals surface area contributed by atoms with Crippen LogP contribution in [-0.4, -0.2) is 21.8 Å². The average Bonchev–Trinajstić information content (AvgIpc) is 3.56. The first-order chi connectivity index (χ1) is 16.4. The number of hydrogen-bond acceptors (Lipinski definition) is 5. The maximum absolute atomic E-state index is 13.4. The Morgan fingerprint density at radius 3 is 2.59 bits per heavy atom. The molecule has 1 aromatic heterocycles. The molecule has 0 saturated heterocycles. The van der Waals surface area contributed by atoms with Gasteiger partial charge in [-0.2, -0.15) is 5.26 Å². The molecule has 1 heterocycles. The molecule has 5 rings (SSSR count). The Kier molecular flexibility index (Phi) is 5.33. The molecule has 2 aliphatic carbocycles. The van der Waals surface area contributed by atoms with Crippen LogP contribution < -0.4 is 10.6 Å². The smallest absolute Gasteiger partial charge is 0.270 e. The average molecular weight is 455 g/mol. The first-order valence-electron chi connectivity index (χ1n) is 11.1. The van der Waals surface area contributed by atoms with E-state index in [0.717, 1.165) is 36.0 Å². The summed E-state index contributed by atoms with van der Waals surface area (Å²) in [6, 6.07) is 13.6. The maximum Gasteiger partial charge on any atom is 0.270 e. The second kappa shape index (κ2) is 8.34. The van der Waals surface area contributed by atoms with Crippen LogP contribution in [0.2, 0.25) is 0 Å². The first kappa shape index (κ1) is 21.7. The number of carbonyl (C=O) groups excluding carboxylic acids is 2. The van der Waals surface area contributed by atoms with Crippen molar-refractivity contribution in [3.63, 3.8) is 0 Å². The standard InChI is InChI=1S/C26H22FN5O2/c1-15-8-17(3-5-20(15)27)13-29-24(33)21-10-22(31-14-30-21)25(34)32-23-19-4-2-16(12-28)9-18(19)11-26(23)6-7-26/h2-5,8-10,14,23H,6-7,11,13H2,1H3,(H,29,33)(H,32,34). The van der Waals surface area contributed by atoms with E-state index >= 15 is 0 Å². The van der Waals surface area contributed by atoms with Crippen LogP contribution >= 0.6 is 0 Å². The summed E-state index contributed by atoms with van der Waals surface area (Å²) in [6.07, 6.45) is 4.05. The van der Waals surface area contributed by atoms with E-state index < -0.39 is 5.91 Å². The number of halogens is 1. The van der Waals surface area contributed by atoms with Crippen LogP contribution in [0.25, 0.3) is 0 Å². The Balaban J connectivity index is 1.29. The highest BCUT2D eigenvalue weighted by Crippen LogP contribution is 2.62. The lowest BCUT2D eigenvalue weighted by molar-refractivity contribution is 0.0915. The van der Waals surface area contributed by atoms with Crippen LogP contribution in [0.1, 0.15) is 67.7 Å². The normalized spacial score (nSPS) is 17.0. The second-order valence-corrected chi connectivity index (χ2v) is 9.03. The summed E-state index contributed by atoms with van der Waals surface area (Å²) in [5.74, 6) is -1.13. The predicted octanol–water partition coefficient (Wildman–Crippen LogP) is 3.53. The van der Waals surface area contributed by atoms with Gasteiger partial charge in [0.15, 0.2) is 0 Å². The van der Waals surface area contributed by atoms with Gasteiger partial charge in [-0.15, -0.1) is 0 Å². The number of fused-ring (bicyclic) bond motifs is 1. The van der Waals surface area contributed by atoms with Crippen molar-refractivity contribution in [2.75, 3.05) is 0 Å². The molecule has 0 radical (unpaired) electrons. The molecule has 1 spiro atoms. The summed E-state index contributed by atoms with van der Waals surface area (Å²) in [4.78, 5) is 33.7. The number of benzene rings is 2. The van der Waals surface area contributed by atoms with Crippen LogP contribution in [0.5, 0.6) is 0 Å². The zero-order chi connectivity index (χ0) is 23.9. The van der Waals surface area contributed by atoms with Crippen molar-refractivity contribution in [3.8, 4) is 6.07 Å². The number of aryl methyl sites for hydroxylation is 1. The number of rotatable bonds is 5. The largest absolute Gasteiger partial charge is 0.347 e. The molecule has 3 aromatic rings. The molecule has 2 amide bonds. The third-order valence-electron chi connectivity index (χ3n) is 6.71. The number of nitrogens with one attached hydrogen (secondary N) is 2. The van der Waals surface area contributed by atoms with Crippen molar-refractivity contribution in [2.24, 2.45) is 5.41 Å². The Labute approximate surface area is 196 Å². The van der Waals surface area contributed by atoms with Gasteiger partial charge in [0.1, 0.15) is 23.5 Å². The molecule has 1 atom stereocenters. The van der Waals surface area contributed by atoms with Gasteiger partial charge in [-0.05, 0) is 72.1 Å². The second-order valence-electron chi connectivity index (χ2n) is 9.03. The molecule has 1 saturated carbocycles. The van der Waals surface area contributed by atoms with E-state index in [9.17, 15) is 19.2 Å². The Hall–Kier alpha value is -4.12. The minimum absolute atomic E-state index is 0.00734. The Morgan fingerprint density at radius 1 is 1.12 bits per heavy atom. The van der Waals surface area contributed by atoms with E-state index in [1.54, 1.807) is 25.1 Å². The maximum atomic E-state index is 13.4. The molecule has 0 aliphatic heterocycles. The molecule has 2 N–H and O–H groups in total. The van der Waals surface area contributed by atoms with Crippen LogP contribution in [0.3, 0.4) is 0 Å². The molecule has 1 unspecified atom stereocenters. The van der Waals surface area contributed by atoms with E-state index in [0.29, 0.717) is 11.1 Å². The third kappa shape index (κ3) is 4.01. The fourth-order valence-electron chi connectivity index (χ4n) is 4.68. The highest BCUT2D eigenvalue weighted by molar-refractivity contribution is 5.97. The zero-order valence-electron chi connectivity index (χ0n) is 18.6. The fourth-order valence-corrected chi connectivity index (χ4v) is 4.68. The summed E-state index contributed by atoms with van der Waals surface area (Å²) in [7, 11) is 0. The van der Waals surface area contributed by atoms with E-state index in [1.165, 1.54) is 18.5 Å². The van der Waals surface area contributed by atoms with Gasteiger partial charge >= 0.3 is 0 Å². The first-order valence-corrected chi connectivity index (χ1v) is 11.1. The van der Waals surface area contributed by atoms with Gasteiger partial charge in [-0.3, -0.25) is 9.59 Å². The van der Waals surface area contributed by atoms with Gasteiger partial charge in [-0.1, -0.05) is 18.2 Å². The molecular weight excluding hydrogens is 433 g/mol. The highest BCUT2D eigenvalue weighted by Gasteiger charge is 2.55. The van der Waals surface area contributed by atoms with Crippen molar-refractivity contribution in [1.29, 1.82) is 5.26 Å². The molecule has 1 fully saturated rings. The molecular formula is C26H22FN5O2. The fraction of sp³-hybridized carbons (Fsp3) is 0.269. The minimum atomic E-state index is -0.452. The van der Waals surface area contributed by atoms with Gasteiger partial charge < -0.3 is 10.6 Å². The lowest BCUT2D eigenvalue weighted by Gasteiger charge is -2.21. The van der Waals surface area contributed by atoms with Crippen molar-refractivity contribution < 1.29 is 14.0 Å². The summed E-state index contributed by atoms with van der Waals surface area (Å²) in [6.45, 7) is 1.87. The Bertz CT molecular complexity index is 1360. The minimum Gasteiger partial charge on any atom is -0.347 e. The van der Waals surface area contributed by atoms with Crippen molar-refractivity contribution in [3.05, 3.63) is 93.8 Å². The SMILES string of the molecule is Cc1cc(CNC(=O)c2cc(C(=O)NC3c4ccc(C#N)cc4CC34CC4)ncn2)ccc1F. The van der Waals surface area contributed by atoms with Crippen molar-refractivity contribution in [1.82, 2.24) is 20.6 Å². The van der Waals surface area contributed by atoms with E-state index in [4.69, 9.17) is 0 Å². The van der Waals surface area contributed by atoms with Crippen LogP contribution in [-0.2, 0) is 13.0 Å². The van der Waals surface area contributed by atoms with Gasteiger partial charge in [0.05, 0.1) is 17.7 Å². The highest BCUT2D eigenvalue weighted by atomic mass is 19.1. The number of amides is 2. The van der Waals surface area contributed by atoms with Gasteiger partial charge in [0, 0.05) is 12.6 Å². The number of hydrogen-bond donors (Lipinski definition) is 2. The van der Waals surface area contributed by atoms with Gasteiger partial charge in [0.25, 0.3) is 11.8 Å². The number of nitrogens with zero attached hydrogens (tertiary/aromatic N) is 3. The molecule has 0 bridgehead atoms. The molecule has 8 heteroatoms. The molecule has 2 aromatic carbocycles. The van der Waals surface area contributed by atoms with E-state index in [-0.39, 0.29) is 41.1 Å². The van der Waals surface area contributed by atoms with Gasteiger partial charge in [0.2, 0.25) is 0 Å². The van der Waals surface area contributed by atoms with Crippen LogP contribution in [0.4, 0.5) is 4.39 Å².